The molecule has 0 saturated carbocycles. The van der Waals surface area contributed by atoms with E-state index in [1.165, 1.54) is 92.1 Å². The second-order valence-electron chi connectivity index (χ2n) is 28.1. The van der Waals surface area contributed by atoms with Gasteiger partial charge in [0, 0.05) is 69.9 Å². The normalized spacial score (nSPS) is 13.0. The molecule has 0 aliphatic carbocycles. The fourth-order valence-corrected chi connectivity index (χ4v) is 18.0. The molecule has 8 aromatic carbocycles. The van der Waals surface area contributed by atoms with E-state index < -0.39 is 121 Å². The minimum atomic E-state index is -4.58. The van der Waals surface area contributed by atoms with Crippen LogP contribution in [0.2, 0.25) is 5.02 Å². The van der Waals surface area contributed by atoms with Crippen molar-refractivity contribution in [3.05, 3.63) is 232 Å². The fourth-order valence-electron chi connectivity index (χ4n) is 14.1. The summed E-state index contributed by atoms with van der Waals surface area (Å²) in [5.74, 6) is -0.182. The number of imidazole rings is 4. The van der Waals surface area contributed by atoms with Gasteiger partial charge in [-0.15, -0.1) is 0 Å². The number of benzene rings is 8. The van der Waals surface area contributed by atoms with Gasteiger partial charge in [-0.2, -0.15) is 13.2 Å². The largest absolute Gasteiger partial charge is 0.493 e. The number of ether oxygens (including phenoxy) is 8. The molecule has 12 aromatic rings. The Morgan fingerprint density at radius 3 is 1.02 bits per heavy atom. The number of alkyl halides is 3. The highest BCUT2D eigenvalue weighted by Gasteiger charge is 2.35. The van der Waals surface area contributed by atoms with Crippen LogP contribution in [-0.4, -0.2) is 173 Å². The summed E-state index contributed by atoms with van der Waals surface area (Å²) in [5.41, 5.74) is 1.29. The zero-order valence-corrected chi connectivity index (χ0v) is 73.0. The van der Waals surface area contributed by atoms with Crippen LogP contribution in [0.25, 0.3) is 44.1 Å². The van der Waals surface area contributed by atoms with Crippen LogP contribution in [0.3, 0.4) is 0 Å². The monoisotopic (exact) mass is 1790 g/mol. The number of fused-ring (bicyclic) bond motifs is 4. The zero-order chi connectivity index (χ0) is 89.5. The number of hydrogen-bond acceptors (Lipinski definition) is 20. The minimum Gasteiger partial charge on any atom is -0.493 e. The van der Waals surface area contributed by atoms with E-state index >= 15 is 0 Å². The Hall–Kier alpha value is -11.1. The molecule has 12 rings (SSSR count). The Labute approximate surface area is 698 Å². The van der Waals surface area contributed by atoms with Crippen molar-refractivity contribution in [2.24, 2.45) is 21.1 Å². The SMILES string of the molecule is CCOc1cc([C@@H](CS(C)(=O)=O)n2c(=O)n(C)c3cc(C(F)(F)F)ccc32)ccc1OC.CCOc1cc([C@@H](CS(C)(=O)=O)n2c(=O)n(C)c3cc(F)cc(F)c32)ccc1OC.CCOc1cc([C@@H](CS(C)(=O)=O)n2c(=O)n(C)c3cc(F)ccc32)ccc1OC.CCOc1cc([C@@H](CS(C)(=O)=O)n2c(=O)n(CC)c3cc(Cl)ccc32)ccc1OC. The van der Waals surface area contributed by atoms with Crippen molar-refractivity contribution >= 4 is 95.1 Å². The van der Waals surface area contributed by atoms with Gasteiger partial charge in [0.2, 0.25) is 0 Å². The molecule has 0 fully saturated rings. The van der Waals surface area contributed by atoms with Crippen LogP contribution in [0.4, 0.5) is 26.3 Å². The standard InChI is InChI=1S/C21H25ClN2O5S.C21H23F3N2O5S.C20H22F2N2O5S.C20H23FN2O5S/c1-5-23-17-12-15(22)8-9-16(17)24(21(23)25)18(13-30(4,26)27)14-7-10-19(28-3)20(11-14)29-6-2;1-5-31-19-10-13(6-9-18(19)30-3)17(12-32(4,28)29)26-15-8-7-14(21(22,23)24)11-16(15)25(2)20(26)27;1-5-29-18-8-12(6-7-17(18)28-3)16(11-30(4,26)27)24-19-14(22)9-13(21)10-15(19)23(2)20(24)25;1-5-28-19-10-13(6-9-18(19)27-3)17(12-29(4,25)26)23-15-8-7-14(21)11-16(15)22(2)20(23)24/h7-12,18H,5-6,13H2,1-4H3;6-11,17H,5,12H2,1-4H3;6-10,16H,5,11H2,1-4H3;6-11,17H,5,12H2,1-4H3/t18-;17-;16-;17-/m1111/s1. The summed E-state index contributed by atoms with van der Waals surface area (Å²) in [6.45, 7) is 11.0. The van der Waals surface area contributed by atoms with Crippen molar-refractivity contribution < 1.29 is 97.9 Å². The number of aryl methyl sites for hydroxylation is 4. The highest BCUT2D eigenvalue weighted by atomic mass is 35.5. The molecule has 0 spiro atoms. The van der Waals surface area contributed by atoms with Crippen LogP contribution in [0.5, 0.6) is 46.0 Å². The van der Waals surface area contributed by atoms with E-state index in [0.717, 1.165) is 56.9 Å². The number of sulfone groups is 4. The lowest BCUT2D eigenvalue weighted by Crippen LogP contribution is -2.31. The zero-order valence-electron chi connectivity index (χ0n) is 69.0. The highest BCUT2D eigenvalue weighted by Crippen LogP contribution is 2.40. The lowest BCUT2D eigenvalue weighted by Gasteiger charge is -2.20. The predicted octanol–water partition coefficient (Wildman–Crippen LogP) is 12.1. The topological polar surface area (TPSA) is 318 Å². The van der Waals surface area contributed by atoms with Crippen molar-refractivity contribution in [3.63, 3.8) is 0 Å². The van der Waals surface area contributed by atoms with E-state index in [1.807, 2.05) is 20.8 Å². The van der Waals surface area contributed by atoms with Crippen molar-refractivity contribution in [2.75, 3.05) is 103 Å². The summed E-state index contributed by atoms with van der Waals surface area (Å²) < 4.78 is 233. The van der Waals surface area contributed by atoms with Crippen molar-refractivity contribution in [2.45, 2.75) is 71.5 Å². The molecule has 4 heterocycles. The summed E-state index contributed by atoms with van der Waals surface area (Å²) in [7, 11) is -3.85. The Bertz CT molecular complexity index is 6590. The summed E-state index contributed by atoms with van der Waals surface area (Å²) in [6, 6.07) is 29.9. The number of methoxy groups -OCH3 is 4. The summed E-state index contributed by atoms with van der Waals surface area (Å²) in [4.78, 5) is 52.3. The van der Waals surface area contributed by atoms with Crippen LogP contribution in [0.1, 0.15) is 86.6 Å². The predicted molar refractivity (Wildman–Crippen MR) is 451 cm³/mol. The van der Waals surface area contributed by atoms with Gasteiger partial charge in [0.25, 0.3) is 0 Å². The van der Waals surface area contributed by atoms with Crippen LogP contribution >= 0.6 is 11.6 Å². The molecule has 121 heavy (non-hydrogen) atoms. The first-order valence-electron chi connectivity index (χ1n) is 37.3. The first-order chi connectivity index (χ1) is 56.8. The van der Waals surface area contributed by atoms with Crippen LogP contribution < -0.4 is 60.7 Å². The average Bonchev–Trinajstić information content (AvgIpc) is 1.61. The number of halogens is 7. The summed E-state index contributed by atoms with van der Waals surface area (Å²) in [6.07, 6.45) is -0.248. The fraction of sp³-hybridized carbons (Fsp3) is 0.366. The first kappa shape index (κ1) is 93.8. The summed E-state index contributed by atoms with van der Waals surface area (Å²) >= 11 is 6.15. The molecule has 0 bridgehead atoms. The van der Waals surface area contributed by atoms with E-state index in [2.05, 4.69) is 0 Å². The number of aromatic nitrogens is 8. The Kier molecular flexibility index (Phi) is 29.7. The van der Waals surface area contributed by atoms with Gasteiger partial charge in [-0.25, -0.2) is 66.0 Å². The first-order valence-corrected chi connectivity index (χ1v) is 46.0. The smallest absolute Gasteiger partial charge is 0.416 e. The summed E-state index contributed by atoms with van der Waals surface area (Å²) in [5, 5.41) is 0.504. The molecule has 0 saturated heterocycles. The molecule has 0 aliphatic heterocycles. The second kappa shape index (κ2) is 38.3. The highest BCUT2D eigenvalue weighted by molar-refractivity contribution is 7.91. The van der Waals surface area contributed by atoms with Gasteiger partial charge in [0.1, 0.15) is 56.5 Å². The van der Waals surface area contributed by atoms with Gasteiger partial charge in [-0.3, -0.25) is 36.5 Å². The molecule has 39 heteroatoms. The molecule has 0 N–H and O–H groups in total. The van der Waals surface area contributed by atoms with E-state index in [4.69, 9.17) is 49.5 Å². The Balaban J connectivity index is 0.000000183. The Morgan fingerprint density at radius 2 is 0.669 bits per heavy atom. The maximum atomic E-state index is 14.7. The van der Waals surface area contributed by atoms with Gasteiger partial charge < -0.3 is 37.9 Å². The van der Waals surface area contributed by atoms with Gasteiger partial charge in [0.05, 0.1) is 146 Å². The molecular weight excluding hydrogens is 1690 g/mol. The van der Waals surface area contributed by atoms with Gasteiger partial charge in [-0.05, 0) is 160 Å². The third kappa shape index (κ3) is 21.6. The molecular formula is C82H93ClF6N8O20S4. The molecule has 28 nitrogen and oxygen atoms in total. The average molecular weight is 1790 g/mol. The van der Waals surface area contributed by atoms with Crippen molar-refractivity contribution in [1.82, 2.24) is 36.5 Å². The van der Waals surface area contributed by atoms with Crippen molar-refractivity contribution in [3.8, 4) is 46.0 Å². The van der Waals surface area contributed by atoms with E-state index in [9.17, 15) is 79.2 Å². The molecule has 0 amide bonds. The third-order valence-electron chi connectivity index (χ3n) is 19.4. The number of rotatable bonds is 29. The molecule has 654 valence electrons. The maximum Gasteiger partial charge on any atom is 0.416 e. The minimum absolute atomic E-state index is 0.0227. The van der Waals surface area contributed by atoms with Crippen LogP contribution in [-0.2, 0) is 73.2 Å². The lowest BCUT2D eigenvalue weighted by molar-refractivity contribution is -0.137. The van der Waals surface area contributed by atoms with Gasteiger partial charge in [-0.1, -0.05) is 35.9 Å². The van der Waals surface area contributed by atoms with Crippen molar-refractivity contribution in [1.29, 1.82) is 0 Å². The maximum absolute atomic E-state index is 14.7. The third-order valence-corrected chi connectivity index (χ3v) is 23.3. The van der Waals surface area contributed by atoms with E-state index in [-0.39, 0.29) is 39.3 Å². The van der Waals surface area contributed by atoms with Crippen LogP contribution in [0.15, 0.2) is 159 Å². The molecule has 0 radical (unpaired) electrons. The molecule has 4 atom stereocenters. The van der Waals surface area contributed by atoms with Gasteiger partial charge in [0.15, 0.2) is 51.8 Å². The van der Waals surface area contributed by atoms with E-state index in [1.54, 1.807) is 109 Å². The second-order valence-corrected chi connectivity index (χ2v) is 37.2. The van der Waals surface area contributed by atoms with Crippen LogP contribution in [0, 0.1) is 17.5 Å². The molecule has 4 aromatic heterocycles. The quantitative estimate of drug-likeness (QED) is 0.0393. The molecule has 0 unspecified atom stereocenters. The number of nitrogens with zero attached hydrogens (tertiary/aromatic N) is 8. The number of hydrogen-bond donors (Lipinski definition) is 0. The molecule has 0 aliphatic rings. The lowest BCUT2D eigenvalue weighted by atomic mass is 10.1. The Morgan fingerprint density at radius 1 is 0.355 bits per heavy atom. The van der Waals surface area contributed by atoms with E-state index in [0.29, 0.717) is 134 Å². The van der Waals surface area contributed by atoms with Gasteiger partial charge >= 0.3 is 28.9 Å².